The molecule has 7 rings (SSSR count). The Hall–Kier alpha value is -5.53. The van der Waals surface area contributed by atoms with E-state index in [1.165, 1.54) is 42.5 Å². The fourth-order valence-electron chi connectivity index (χ4n) is 6.60. The molecule has 0 spiro atoms. The summed E-state index contributed by atoms with van der Waals surface area (Å²) < 4.78 is 86.5. The smallest absolute Gasteiger partial charge is 0.294 e. The molecule has 0 atom stereocenters. The highest BCUT2D eigenvalue weighted by Gasteiger charge is 2.22. The van der Waals surface area contributed by atoms with Gasteiger partial charge in [-0.15, -0.1) is 17.3 Å². The minimum absolute atomic E-state index is 0.00499. The van der Waals surface area contributed by atoms with Gasteiger partial charge in [-0.25, -0.2) is 21.0 Å². The number of rotatable bonds is 20. The van der Waals surface area contributed by atoms with E-state index >= 15 is 0 Å². The standard InChI is InChI=1S/C39H27N3O21S6/c43-37(40-34-16-27(66-62-58-48)12-19-10-25(64-60-56-46)1-4-31(19)34)22-7-23(38(44)41-35-17-28(67-63-59-49)13-21-14-29(68(50,51)52)3-6-33(21)35)9-24(8-22)39(45)42-36-18-30(69(53,54)55)15-20-11-26(65-61-57-47)2-5-32(20)36/h1-18,46-49H,(H,40,43)(H,41,44)(H,42,45)(H,50,51,52)(H,53,54,55). The zero-order valence-corrected chi connectivity index (χ0v) is 38.5. The van der Waals surface area contributed by atoms with Crippen LogP contribution >= 0.6 is 48.2 Å². The number of benzene rings is 7. The van der Waals surface area contributed by atoms with Gasteiger partial charge in [-0.05, 0) is 107 Å². The number of carbonyl (C=O) groups is 3. The number of hydrogen-bond donors (Lipinski definition) is 9. The molecule has 0 aliphatic rings. The third kappa shape index (κ3) is 12.8. The number of hydrogen-bond acceptors (Lipinski definition) is 23. The van der Waals surface area contributed by atoms with E-state index in [9.17, 15) is 40.3 Å². The molecule has 0 saturated heterocycles. The molecule has 0 aliphatic carbocycles. The van der Waals surface area contributed by atoms with Gasteiger partial charge in [-0.2, -0.15) is 16.8 Å². The number of nitrogens with one attached hydrogen (secondary N) is 3. The zero-order valence-electron chi connectivity index (χ0n) is 33.6. The number of amides is 3. The number of fused-ring (bicyclic) bond motifs is 3. The molecule has 7 aromatic carbocycles. The van der Waals surface area contributed by atoms with Crippen LogP contribution in [0.4, 0.5) is 17.1 Å². The topological polar surface area (TPSA) is 351 Å². The molecule has 0 heterocycles. The first kappa shape index (κ1) is 51.3. The highest BCUT2D eigenvalue weighted by atomic mass is 32.2. The second-order valence-electron chi connectivity index (χ2n) is 13.6. The highest BCUT2D eigenvalue weighted by molar-refractivity contribution is 7.95. The summed E-state index contributed by atoms with van der Waals surface area (Å²) in [5.74, 6) is -2.87. The SMILES string of the molecule is O=C(Nc1cc(SOOO)cc2cc(SOOO)ccc12)c1cc(C(=O)Nc2cc(SOOO)cc3cc(S(=O)(=O)O)ccc23)cc(C(=O)Nc2cc(S(=O)(=O)O)cc3cc(SOOO)ccc23)c1. The molecule has 0 fully saturated rings. The second-order valence-corrected chi connectivity index (χ2v) is 19.5. The van der Waals surface area contributed by atoms with Crippen molar-refractivity contribution in [3.8, 4) is 0 Å². The Morgan fingerprint density at radius 3 is 1.09 bits per heavy atom. The summed E-state index contributed by atoms with van der Waals surface area (Å²) in [6.45, 7) is 0. The summed E-state index contributed by atoms with van der Waals surface area (Å²) in [7, 11) is -9.58. The lowest BCUT2D eigenvalue weighted by molar-refractivity contribution is -0.432. The Kier molecular flexibility index (Phi) is 16.7. The van der Waals surface area contributed by atoms with E-state index in [1.807, 2.05) is 0 Å². The third-order valence-electron chi connectivity index (χ3n) is 9.40. The van der Waals surface area contributed by atoms with Crippen molar-refractivity contribution in [2.45, 2.75) is 29.4 Å². The summed E-state index contributed by atoms with van der Waals surface area (Å²) in [6, 6.07) is 23.5. The van der Waals surface area contributed by atoms with Gasteiger partial charge >= 0.3 is 0 Å². The second kappa shape index (κ2) is 22.5. The van der Waals surface area contributed by atoms with Gasteiger partial charge in [0.05, 0.1) is 75.0 Å². The van der Waals surface area contributed by atoms with Crippen molar-refractivity contribution in [1.29, 1.82) is 0 Å². The number of anilines is 3. The highest BCUT2D eigenvalue weighted by Crippen LogP contribution is 2.37. The van der Waals surface area contributed by atoms with Crippen LogP contribution in [0, 0.1) is 0 Å². The molecule has 0 aromatic heterocycles. The van der Waals surface area contributed by atoms with Crippen molar-refractivity contribution in [2.24, 2.45) is 0 Å². The normalized spacial score (nSPS) is 11.9. The molecule has 9 N–H and O–H groups in total. The third-order valence-corrected chi connectivity index (χ3v) is 13.3. The lowest BCUT2D eigenvalue weighted by atomic mass is 10.0. The van der Waals surface area contributed by atoms with Gasteiger partial charge < -0.3 is 16.0 Å². The van der Waals surface area contributed by atoms with Crippen LogP contribution in [0.5, 0.6) is 0 Å². The van der Waals surface area contributed by atoms with E-state index in [1.54, 1.807) is 24.3 Å². The lowest BCUT2D eigenvalue weighted by Gasteiger charge is -2.15. The Balaban J connectivity index is 1.33. The molecule has 24 nitrogen and oxygen atoms in total. The van der Waals surface area contributed by atoms with Gasteiger partial charge in [-0.3, -0.25) is 23.5 Å². The first-order chi connectivity index (χ1) is 33.0. The van der Waals surface area contributed by atoms with E-state index in [0.29, 0.717) is 63.8 Å². The Bertz CT molecular complexity index is 3360. The van der Waals surface area contributed by atoms with Crippen LogP contribution in [0.3, 0.4) is 0 Å². The molecule has 0 bridgehead atoms. The van der Waals surface area contributed by atoms with E-state index in [-0.39, 0.29) is 70.0 Å². The predicted octanol–water partition coefficient (Wildman–Crippen LogP) is 9.11. The van der Waals surface area contributed by atoms with Crippen LogP contribution in [0.15, 0.2) is 139 Å². The van der Waals surface area contributed by atoms with Crippen LogP contribution in [-0.4, -0.2) is 64.7 Å². The molecular weight excluding hydrogens is 1040 g/mol. The fraction of sp³-hybridized carbons (Fsp3) is 0. The average Bonchev–Trinajstić information content (AvgIpc) is 3.32. The van der Waals surface area contributed by atoms with E-state index in [4.69, 9.17) is 21.0 Å². The minimum atomic E-state index is -4.89. The van der Waals surface area contributed by atoms with Gasteiger partial charge in [0.15, 0.2) is 0 Å². The molecule has 7 aromatic rings. The Morgan fingerprint density at radius 2 is 0.710 bits per heavy atom. The van der Waals surface area contributed by atoms with Gasteiger partial charge in [-0.1, -0.05) is 38.4 Å². The zero-order chi connectivity index (χ0) is 49.5. The first-order valence-electron chi connectivity index (χ1n) is 18.3. The quantitative estimate of drug-likeness (QED) is 0.0149. The van der Waals surface area contributed by atoms with E-state index < -0.39 is 47.7 Å². The predicted molar refractivity (Wildman–Crippen MR) is 244 cm³/mol. The molecule has 0 saturated carbocycles. The molecule has 69 heavy (non-hydrogen) atoms. The van der Waals surface area contributed by atoms with Crippen LogP contribution in [0.1, 0.15) is 31.1 Å². The maximum Gasteiger partial charge on any atom is 0.294 e. The summed E-state index contributed by atoms with van der Waals surface area (Å²) in [5.41, 5.74) is -1.03. The van der Waals surface area contributed by atoms with Gasteiger partial charge in [0.25, 0.3) is 38.0 Å². The summed E-state index contributed by atoms with van der Waals surface area (Å²) in [5, 5.41) is 59.0. The average molecular weight is 1070 g/mol. The molecule has 360 valence electrons. The van der Waals surface area contributed by atoms with Gasteiger partial charge in [0.1, 0.15) is 0 Å². The molecule has 0 radical (unpaired) electrons. The molecule has 30 heteroatoms. The van der Waals surface area contributed by atoms with Gasteiger partial charge in [0, 0.05) is 52.4 Å². The minimum Gasteiger partial charge on any atom is -0.321 e. The van der Waals surface area contributed by atoms with Crippen molar-refractivity contribution in [3.63, 3.8) is 0 Å². The monoisotopic (exact) mass is 1060 g/mol. The van der Waals surface area contributed by atoms with E-state index in [2.05, 4.69) is 53.4 Å². The van der Waals surface area contributed by atoms with Crippen LogP contribution in [0.2, 0.25) is 0 Å². The molecule has 0 aliphatic heterocycles. The van der Waals surface area contributed by atoms with Gasteiger partial charge in [0.2, 0.25) is 0 Å². The number of carbonyl (C=O) groups excluding carboxylic acids is 3. The fourth-order valence-corrected chi connectivity index (χ4v) is 9.38. The van der Waals surface area contributed by atoms with Crippen LogP contribution in [-0.2, 0) is 57.7 Å². The Morgan fingerprint density at radius 1 is 0.391 bits per heavy atom. The molecule has 3 amide bonds. The Labute approximate surface area is 403 Å². The van der Waals surface area contributed by atoms with Crippen molar-refractivity contribution < 1.29 is 98.8 Å². The first-order valence-corrected chi connectivity index (χ1v) is 24.2. The van der Waals surface area contributed by atoms with Crippen molar-refractivity contribution in [3.05, 3.63) is 126 Å². The van der Waals surface area contributed by atoms with E-state index in [0.717, 1.165) is 42.5 Å². The molecular formula is C39H27N3O21S6. The largest absolute Gasteiger partial charge is 0.321 e. The van der Waals surface area contributed by atoms with Crippen LogP contribution < -0.4 is 16.0 Å². The molecule has 0 unspecified atom stereocenters. The summed E-state index contributed by atoms with van der Waals surface area (Å²) in [4.78, 5) is 42.9. The van der Waals surface area contributed by atoms with Crippen molar-refractivity contribution in [2.75, 3.05) is 16.0 Å². The van der Waals surface area contributed by atoms with Crippen LogP contribution in [0.25, 0.3) is 32.3 Å². The lowest BCUT2D eigenvalue weighted by Crippen LogP contribution is -2.20. The maximum absolute atomic E-state index is 14.3. The van der Waals surface area contributed by atoms with Crippen molar-refractivity contribution >= 4 is 136 Å². The summed E-state index contributed by atoms with van der Waals surface area (Å²) >= 11 is 2.18. The van der Waals surface area contributed by atoms with Crippen molar-refractivity contribution in [1.82, 2.24) is 0 Å². The summed E-state index contributed by atoms with van der Waals surface area (Å²) in [6.07, 6.45) is 0. The maximum atomic E-state index is 14.3.